The molecular weight excluding hydrogens is 275 g/mol. The van der Waals surface area contributed by atoms with Crippen molar-refractivity contribution >= 4 is 13.1 Å². The summed E-state index contributed by atoms with van der Waals surface area (Å²) < 4.78 is 4.58. The third kappa shape index (κ3) is 7.86. The molecule has 0 aliphatic heterocycles. The van der Waals surface area contributed by atoms with Crippen LogP contribution in [0.1, 0.15) is 27.7 Å². The van der Waals surface area contributed by atoms with Gasteiger partial charge >= 0.3 is 7.32 Å². The van der Waals surface area contributed by atoms with Gasteiger partial charge in [-0.05, 0) is 39.8 Å². The number of rotatable bonds is 4. The first kappa shape index (κ1) is 19.7. The van der Waals surface area contributed by atoms with Crippen molar-refractivity contribution in [1.82, 2.24) is 4.98 Å². The Kier molecular flexibility index (Phi) is 7.12. The van der Waals surface area contributed by atoms with Crippen molar-refractivity contribution < 1.29 is 24.9 Å². The minimum Gasteiger partial charge on any atom is -0.511 e. The summed E-state index contributed by atoms with van der Waals surface area (Å²) in [6.07, 6.45) is 1.43. The minimum atomic E-state index is -1.80. The van der Waals surface area contributed by atoms with Crippen molar-refractivity contribution in [2.75, 3.05) is 19.0 Å². The zero-order valence-electron chi connectivity index (χ0n) is 13.4. The highest BCUT2D eigenvalue weighted by Crippen LogP contribution is 2.19. The Balaban J connectivity index is 0.000000433. The van der Waals surface area contributed by atoms with E-state index in [1.807, 2.05) is 19.0 Å². The van der Waals surface area contributed by atoms with Crippen LogP contribution in [0.25, 0.3) is 0 Å². The molecule has 0 fully saturated rings. The summed E-state index contributed by atoms with van der Waals surface area (Å²) in [5, 5.41) is 35.2. The van der Waals surface area contributed by atoms with Gasteiger partial charge in [0.15, 0.2) is 0 Å². The van der Waals surface area contributed by atoms with E-state index < -0.39 is 18.5 Å². The highest BCUT2D eigenvalue weighted by Gasteiger charge is 2.31. The van der Waals surface area contributed by atoms with E-state index >= 15 is 0 Å². The molecule has 1 heterocycles. The summed E-state index contributed by atoms with van der Waals surface area (Å²) in [7, 11) is 1.93. The average molecular weight is 300 g/mol. The SMILES string of the molecule is CC(C)(O)C(C)(C)O.CN(C)c1ccc(OB(O)O)cn1. The summed E-state index contributed by atoms with van der Waals surface area (Å²) in [6.45, 7) is 6.31. The Morgan fingerprint density at radius 3 is 1.76 bits per heavy atom. The van der Waals surface area contributed by atoms with Crippen LogP contribution in [0.4, 0.5) is 5.82 Å². The standard InChI is InChI=1S/C7H11BN2O3.C6H14O2/c1-10(2)7-4-3-6(5-9-7)13-8(11)12;1-5(2,7)6(3,4)8/h3-5,11-12H,1-2H3;7-8H,1-4H3. The Bertz CT molecular complexity index is 398. The lowest BCUT2D eigenvalue weighted by molar-refractivity contribution is -0.107. The molecule has 0 bridgehead atoms. The zero-order chi connectivity index (χ0) is 16.8. The van der Waals surface area contributed by atoms with Crippen molar-refractivity contribution in [2.45, 2.75) is 38.9 Å². The van der Waals surface area contributed by atoms with E-state index in [0.29, 0.717) is 5.75 Å². The molecule has 0 saturated heterocycles. The van der Waals surface area contributed by atoms with Crippen LogP contribution in [0.5, 0.6) is 5.75 Å². The van der Waals surface area contributed by atoms with Gasteiger partial charge in [-0.25, -0.2) is 4.98 Å². The Hall–Kier alpha value is -1.35. The molecule has 0 aliphatic carbocycles. The van der Waals surface area contributed by atoms with Crippen LogP contribution in [-0.2, 0) is 0 Å². The summed E-state index contributed by atoms with van der Waals surface area (Å²) in [5.74, 6) is 1.10. The monoisotopic (exact) mass is 300 g/mol. The van der Waals surface area contributed by atoms with Crippen LogP contribution in [0, 0.1) is 0 Å². The molecule has 21 heavy (non-hydrogen) atoms. The molecule has 0 aliphatic rings. The Morgan fingerprint density at radius 1 is 1.05 bits per heavy atom. The molecule has 0 atom stereocenters. The third-order valence-corrected chi connectivity index (χ3v) is 2.92. The van der Waals surface area contributed by atoms with E-state index in [9.17, 15) is 0 Å². The Labute approximate surface area is 126 Å². The van der Waals surface area contributed by atoms with Gasteiger partial charge in [-0.1, -0.05) is 0 Å². The van der Waals surface area contributed by atoms with Gasteiger partial charge in [0.1, 0.15) is 11.6 Å². The predicted molar refractivity (Wildman–Crippen MR) is 82.0 cm³/mol. The summed E-state index contributed by atoms with van der Waals surface area (Å²) >= 11 is 0. The van der Waals surface area contributed by atoms with Gasteiger partial charge in [0.2, 0.25) is 0 Å². The van der Waals surface area contributed by atoms with E-state index in [0.717, 1.165) is 5.82 Å². The quantitative estimate of drug-likeness (QED) is 0.581. The molecule has 0 saturated carbocycles. The average Bonchev–Trinajstić information content (AvgIpc) is 2.26. The second kappa shape index (κ2) is 7.60. The van der Waals surface area contributed by atoms with Crippen molar-refractivity contribution in [2.24, 2.45) is 0 Å². The number of hydrogen-bond donors (Lipinski definition) is 4. The molecule has 7 nitrogen and oxygen atoms in total. The topological polar surface area (TPSA) is 106 Å². The van der Waals surface area contributed by atoms with Crippen LogP contribution >= 0.6 is 0 Å². The number of aromatic nitrogens is 1. The maximum Gasteiger partial charge on any atom is 0.707 e. The van der Waals surface area contributed by atoms with Gasteiger partial charge < -0.3 is 29.8 Å². The van der Waals surface area contributed by atoms with E-state index in [4.69, 9.17) is 20.3 Å². The molecular formula is C13H25BN2O5. The first-order chi connectivity index (χ1) is 9.34. The number of hydrogen-bond acceptors (Lipinski definition) is 7. The van der Waals surface area contributed by atoms with Crippen LogP contribution in [0.2, 0.25) is 0 Å². The molecule has 0 unspecified atom stereocenters. The molecule has 0 aromatic carbocycles. The summed E-state index contributed by atoms with van der Waals surface area (Å²) in [5.41, 5.74) is -2.01. The van der Waals surface area contributed by atoms with Crippen LogP contribution in [-0.4, -0.2) is 57.9 Å². The number of pyridine rings is 1. The van der Waals surface area contributed by atoms with Gasteiger partial charge in [0.25, 0.3) is 0 Å². The van der Waals surface area contributed by atoms with E-state index in [1.54, 1.807) is 39.8 Å². The number of nitrogens with zero attached hydrogens (tertiary/aromatic N) is 2. The van der Waals surface area contributed by atoms with E-state index in [2.05, 4.69) is 9.64 Å². The predicted octanol–water partition coefficient (Wildman–Crippen LogP) is 0.0241. The molecule has 0 radical (unpaired) electrons. The van der Waals surface area contributed by atoms with Gasteiger partial charge in [0, 0.05) is 14.1 Å². The first-order valence-electron chi connectivity index (χ1n) is 6.45. The summed E-state index contributed by atoms with van der Waals surface area (Å²) in [6, 6.07) is 3.33. The minimum absolute atomic E-state index is 0.320. The lowest BCUT2D eigenvalue weighted by Gasteiger charge is -2.31. The van der Waals surface area contributed by atoms with Gasteiger partial charge in [0.05, 0.1) is 17.4 Å². The van der Waals surface area contributed by atoms with Gasteiger partial charge in [-0.15, -0.1) is 0 Å². The molecule has 0 spiro atoms. The third-order valence-electron chi connectivity index (χ3n) is 2.92. The largest absolute Gasteiger partial charge is 0.707 e. The molecule has 0 amide bonds. The van der Waals surface area contributed by atoms with Crippen molar-refractivity contribution in [3.05, 3.63) is 18.3 Å². The van der Waals surface area contributed by atoms with Crippen LogP contribution in [0.3, 0.4) is 0 Å². The molecule has 4 N–H and O–H groups in total. The molecule has 1 aromatic rings. The molecule has 1 aromatic heterocycles. The normalized spacial score (nSPS) is 11.3. The molecule has 120 valence electrons. The second-order valence-electron chi connectivity index (χ2n) is 5.81. The van der Waals surface area contributed by atoms with Crippen molar-refractivity contribution in [3.8, 4) is 5.75 Å². The first-order valence-corrected chi connectivity index (χ1v) is 6.45. The highest BCUT2D eigenvalue weighted by molar-refractivity contribution is 6.33. The van der Waals surface area contributed by atoms with Gasteiger partial charge in [-0.2, -0.15) is 0 Å². The van der Waals surface area contributed by atoms with Crippen LogP contribution in [0.15, 0.2) is 18.3 Å². The molecule has 1 rings (SSSR count). The van der Waals surface area contributed by atoms with Gasteiger partial charge in [-0.3, -0.25) is 0 Å². The van der Waals surface area contributed by atoms with E-state index in [-0.39, 0.29) is 0 Å². The fourth-order valence-electron chi connectivity index (χ4n) is 0.828. The Morgan fingerprint density at radius 2 is 1.52 bits per heavy atom. The molecule has 8 heteroatoms. The highest BCUT2D eigenvalue weighted by atomic mass is 16.6. The summed E-state index contributed by atoms with van der Waals surface area (Å²) in [4.78, 5) is 5.84. The van der Waals surface area contributed by atoms with Crippen molar-refractivity contribution in [1.29, 1.82) is 0 Å². The maximum atomic E-state index is 9.10. The lowest BCUT2D eigenvalue weighted by atomic mass is 9.90. The lowest BCUT2D eigenvalue weighted by Crippen LogP contribution is -2.44. The fraction of sp³-hybridized carbons (Fsp3) is 0.615. The second-order valence-corrected chi connectivity index (χ2v) is 5.81. The number of anilines is 1. The van der Waals surface area contributed by atoms with Crippen molar-refractivity contribution in [3.63, 3.8) is 0 Å². The van der Waals surface area contributed by atoms with E-state index in [1.165, 1.54) is 6.20 Å². The van der Waals surface area contributed by atoms with Crippen LogP contribution < -0.4 is 9.55 Å². The maximum absolute atomic E-state index is 9.10. The fourth-order valence-corrected chi connectivity index (χ4v) is 0.828. The number of aliphatic hydroxyl groups is 2. The zero-order valence-corrected chi connectivity index (χ0v) is 13.4. The smallest absolute Gasteiger partial charge is 0.511 e.